The van der Waals surface area contributed by atoms with Gasteiger partial charge < -0.3 is 14.6 Å². The zero-order valence-corrected chi connectivity index (χ0v) is 14.0. The number of hydrogen-bond acceptors (Lipinski definition) is 4. The van der Waals surface area contributed by atoms with Gasteiger partial charge in [0.15, 0.2) is 5.78 Å². The number of hydrogen-bond donors (Lipinski definition) is 1. The molecule has 21 heavy (non-hydrogen) atoms. The van der Waals surface area contributed by atoms with Gasteiger partial charge in [-0.15, -0.1) is 0 Å². The molecule has 118 valence electrons. The fraction of sp³-hybridized carbons (Fsp3) is 0.625. The van der Waals surface area contributed by atoms with Crippen molar-refractivity contribution in [3.63, 3.8) is 0 Å². The van der Waals surface area contributed by atoms with Crippen LogP contribution < -0.4 is 5.32 Å². The van der Waals surface area contributed by atoms with Crippen molar-refractivity contribution in [3.8, 4) is 0 Å². The Hall–Kier alpha value is -1.62. The monoisotopic (exact) mass is 294 g/mol. The molecule has 0 aliphatic rings. The third-order valence-corrected chi connectivity index (χ3v) is 3.68. The average Bonchev–Trinajstić information content (AvgIpc) is 2.67. The molecule has 0 saturated heterocycles. The standard InChI is InChI=1S/C16H26N2O3/c1-8-18-12(6)13(10(4)14(18)16(20)21-7)15(19)11(5)17-9(2)3/h9,11,17H,8H2,1-7H3. The summed E-state index contributed by atoms with van der Waals surface area (Å²) < 4.78 is 6.69. The van der Waals surface area contributed by atoms with Crippen LogP contribution in [0.3, 0.4) is 0 Å². The molecular formula is C16H26N2O3. The molecule has 1 aromatic heterocycles. The lowest BCUT2D eigenvalue weighted by molar-refractivity contribution is 0.0587. The highest BCUT2D eigenvalue weighted by molar-refractivity contribution is 6.05. The van der Waals surface area contributed by atoms with Crippen molar-refractivity contribution < 1.29 is 14.3 Å². The van der Waals surface area contributed by atoms with Crippen LogP contribution in [0.1, 0.15) is 59.8 Å². The number of esters is 1. The van der Waals surface area contributed by atoms with Crippen LogP contribution in [-0.4, -0.2) is 35.5 Å². The predicted octanol–water partition coefficient (Wildman–Crippen LogP) is 2.48. The zero-order chi connectivity index (χ0) is 16.3. The lowest BCUT2D eigenvalue weighted by atomic mass is 10.0. The van der Waals surface area contributed by atoms with E-state index in [0.29, 0.717) is 23.4 Å². The highest BCUT2D eigenvalue weighted by Crippen LogP contribution is 2.24. The Morgan fingerprint density at radius 3 is 2.24 bits per heavy atom. The number of rotatable bonds is 6. The molecule has 1 rings (SSSR count). The summed E-state index contributed by atoms with van der Waals surface area (Å²) in [6, 6.07) is -0.0708. The van der Waals surface area contributed by atoms with Crippen molar-refractivity contribution in [2.75, 3.05) is 7.11 Å². The van der Waals surface area contributed by atoms with Crippen LogP contribution in [0, 0.1) is 13.8 Å². The smallest absolute Gasteiger partial charge is 0.354 e. The minimum absolute atomic E-state index is 0.0102. The predicted molar refractivity (Wildman–Crippen MR) is 83.0 cm³/mol. The molecule has 1 N–H and O–H groups in total. The van der Waals surface area contributed by atoms with Crippen LogP contribution in [0.4, 0.5) is 0 Å². The first-order chi connectivity index (χ1) is 9.76. The third kappa shape index (κ3) is 3.35. The summed E-state index contributed by atoms with van der Waals surface area (Å²) in [6.45, 7) is 12.1. The van der Waals surface area contributed by atoms with Crippen molar-refractivity contribution in [3.05, 3.63) is 22.5 Å². The fourth-order valence-corrected chi connectivity index (χ4v) is 2.81. The van der Waals surface area contributed by atoms with Crippen molar-refractivity contribution in [2.45, 2.75) is 60.2 Å². The molecule has 0 radical (unpaired) electrons. The summed E-state index contributed by atoms with van der Waals surface area (Å²) in [7, 11) is 1.36. The molecule has 1 heterocycles. The number of ether oxygens (including phenoxy) is 1. The first-order valence-electron chi connectivity index (χ1n) is 7.34. The number of nitrogens with one attached hydrogen (secondary N) is 1. The number of Topliss-reactive ketones (excluding diaryl/α,β-unsaturated/α-hetero) is 1. The van der Waals surface area contributed by atoms with Crippen LogP contribution in [0.2, 0.25) is 0 Å². The maximum absolute atomic E-state index is 12.7. The number of ketones is 1. The van der Waals surface area contributed by atoms with E-state index in [1.165, 1.54) is 7.11 Å². The molecule has 0 spiro atoms. The molecule has 0 aliphatic carbocycles. The molecule has 1 aromatic rings. The number of nitrogens with zero attached hydrogens (tertiary/aromatic N) is 1. The van der Waals surface area contributed by atoms with Crippen molar-refractivity contribution in [1.82, 2.24) is 9.88 Å². The number of carbonyl (C=O) groups excluding carboxylic acids is 2. The zero-order valence-electron chi connectivity index (χ0n) is 14.0. The lowest BCUT2D eigenvalue weighted by Gasteiger charge is -2.16. The van der Waals surface area contributed by atoms with E-state index in [4.69, 9.17) is 4.74 Å². The largest absolute Gasteiger partial charge is 0.464 e. The Morgan fingerprint density at radius 1 is 1.24 bits per heavy atom. The first-order valence-corrected chi connectivity index (χ1v) is 7.34. The van der Waals surface area contributed by atoms with Gasteiger partial charge in [-0.2, -0.15) is 0 Å². The summed E-state index contributed by atoms with van der Waals surface area (Å²) in [5.41, 5.74) is 2.61. The Labute approximate surface area is 126 Å². The quantitative estimate of drug-likeness (QED) is 0.647. The van der Waals surface area contributed by atoms with Gasteiger partial charge in [0, 0.05) is 23.8 Å². The van der Waals surface area contributed by atoms with Crippen molar-refractivity contribution in [1.29, 1.82) is 0 Å². The topological polar surface area (TPSA) is 60.3 Å². The molecule has 5 heteroatoms. The lowest BCUT2D eigenvalue weighted by Crippen LogP contribution is -2.38. The normalized spacial score (nSPS) is 12.6. The summed E-state index contributed by atoms with van der Waals surface area (Å²) in [5, 5.41) is 3.21. The van der Waals surface area contributed by atoms with Crippen LogP contribution in [0.25, 0.3) is 0 Å². The first kappa shape index (κ1) is 17.4. The van der Waals surface area contributed by atoms with E-state index in [2.05, 4.69) is 5.32 Å². The average molecular weight is 294 g/mol. The van der Waals surface area contributed by atoms with Gasteiger partial charge >= 0.3 is 5.97 Å². The van der Waals surface area contributed by atoms with Crippen LogP contribution >= 0.6 is 0 Å². The summed E-state index contributed by atoms with van der Waals surface area (Å²) in [4.78, 5) is 24.7. The van der Waals surface area contributed by atoms with Crippen LogP contribution in [0.5, 0.6) is 0 Å². The van der Waals surface area contributed by atoms with Gasteiger partial charge in [0.2, 0.25) is 0 Å². The van der Waals surface area contributed by atoms with Gasteiger partial charge in [-0.25, -0.2) is 4.79 Å². The van der Waals surface area contributed by atoms with E-state index in [1.54, 1.807) is 6.92 Å². The fourth-order valence-electron chi connectivity index (χ4n) is 2.81. The molecule has 0 amide bonds. The van der Waals surface area contributed by atoms with Gasteiger partial charge in [-0.05, 0) is 33.3 Å². The van der Waals surface area contributed by atoms with Gasteiger partial charge in [0.1, 0.15) is 5.69 Å². The Balaban J connectivity index is 3.34. The van der Waals surface area contributed by atoms with Crippen LogP contribution in [0.15, 0.2) is 0 Å². The molecule has 1 atom stereocenters. The molecule has 0 aliphatic heterocycles. The second kappa shape index (κ2) is 6.89. The Kier molecular flexibility index (Phi) is 5.72. The highest BCUT2D eigenvalue weighted by atomic mass is 16.5. The van der Waals surface area contributed by atoms with E-state index in [1.807, 2.05) is 39.2 Å². The number of aromatic nitrogens is 1. The molecule has 0 bridgehead atoms. The van der Waals surface area contributed by atoms with E-state index < -0.39 is 5.97 Å². The highest BCUT2D eigenvalue weighted by Gasteiger charge is 2.28. The van der Waals surface area contributed by atoms with E-state index in [0.717, 1.165) is 5.69 Å². The third-order valence-electron chi connectivity index (χ3n) is 3.68. The van der Waals surface area contributed by atoms with Crippen LogP contribution in [-0.2, 0) is 11.3 Å². The van der Waals surface area contributed by atoms with Crippen molar-refractivity contribution in [2.24, 2.45) is 0 Å². The summed E-state index contributed by atoms with van der Waals surface area (Å²) in [6.07, 6.45) is 0. The minimum Gasteiger partial charge on any atom is -0.464 e. The Bertz CT molecular complexity index is 544. The minimum atomic E-state index is -0.402. The Morgan fingerprint density at radius 2 is 1.81 bits per heavy atom. The molecule has 5 nitrogen and oxygen atoms in total. The summed E-state index contributed by atoms with van der Waals surface area (Å²) >= 11 is 0. The molecule has 0 saturated carbocycles. The van der Waals surface area contributed by atoms with Gasteiger partial charge in [0.25, 0.3) is 0 Å². The van der Waals surface area contributed by atoms with Gasteiger partial charge in [-0.3, -0.25) is 4.79 Å². The van der Waals surface area contributed by atoms with E-state index in [-0.39, 0.29) is 17.9 Å². The maximum atomic E-state index is 12.7. The van der Waals surface area contributed by atoms with Gasteiger partial charge in [-0.1, -0.05) is 13.8 Å². The van der Waals surface area contributed by atoms with E-state index >= 15 is 0 Å². The van der Waals surface area contributed by atoms with Gasteiger partial charge in [0.05, 0.1) is 13.2 Å². The SMILES string of the molecule is CCn1c(C)c(C(=O)C(C)NC(C)C)c(C)c1C(=O)OC. The second-order valence-corrected chi connectivity index (χ2v) is 5.58. The summed E-state index contributed by atoms with van der Waals surface area (Å²) in [5.74, 6) is -0.392. The van der Waals surface area contributed by atoms with E-state index in [9.17, 15) is 9.59 Å². The molecule has 0 fully saturated rings. The van der Waals surface area contributed by atoms with Crippen molar-refractivity contribution >= 4 is 11.8 Å². The molecular weight excluding hydrogens is 268 g/mol. The second-order valence-electron chi connectivity index (χ2n) is 5.58. The number of methoxy groups -OCH3 is 1. The maximum Gasteiger partial charge on any atom is 0.354 e. The number of carbonyl (C=O) groups is 2. The molecule has 1 unspecified atom stereocenters. The molecule has 0 aromatic carbocycles.